The molecule has 0 bridgehead atoms. The summed E-state index contributed by atoms with van der Waals surface area (Å²) in [6.07, 6.45) is 7.40. The van der Waals surface area contributed by atoms with Crippen LogP contribution in [0.1, 0.15) is 49.7 Å². The van der Waals surface area contributed by atoms with E-state index in [1.807, 2.05) is 0 Å². The average Bonchev–Trinajstić information content (AvgIpc) is 3.01. The Hall–Kier alpha value is -1.82. The van der Waals surface area contributed by atoms with Gasteiger partial charge in [-0.1, -0.05) is 0 Å². The van der Waals surface area contributed by atoms with Crippen molar-refractivity contribution in [2.45, 2.75) is 45.3 Å². The van der Waals surface area contributed by atoms with E-state index in [0.717, 1.165) is 30.3 Å². The minimum absolute atomic E-state index is 0.137. The van der Waals surface area contributed by atoms with E-state index in [2.05, 4.69) is 43.9 Å². The van der Waals surface area contributed by atoms with Crippen LogP contribution in [-0.4, -0.2) is 24.7 Å². The van der Waals surface area contributed by atoms with Crippen molar-refractivity contribution in [1.29, 1.82) is 0 Å². The molecule has 2 atom stereocenters. The zero-order chi connectivity index (χ0) is 13.2. The molecule has 6 nitrogen and oxygen atoms in total. The maximum atomic E-state index is 4.32. The molecular weight excluding hydrogens is 240 g/mol. The van der Waals surface area contributed by atoms with Gasteiger partial charge in [-0.2, -0.15) is 0 Å². The van der Waals surface area contributed by atoms with Gasteiger partial charge in [-0.05, 0) is 20.3 Å². The van der Waals surface area contributed by atoms with E-state index in [0.29, 0.717) is 0 Å². The molecule has 2 aromatic heterocycles. The van der Waals surface area contributed by atoms with E-state index in [9.17, 15) is 0 Å². The lowest BCUT2D eigenvalue weighted by atomic mass is 10.2. The fourth-order valence-electron chi connectivity index (χ4n) is 2.56. The van der Waals surface area contributed by atoms with Gasteiger partial charge in [0.25, 0.3) is 0 Å². The standard InChI is InChI=1S/C13H18N6/c1-9(11-8-14-5-6-15-11)16-10(2)13-18-17-12-4-3-7-19(12)13/h5-6,8-10,16H,3-4,7H2,1-2H3. The Kier molecular flexibility index (Phi) is 3.25. The van der Waals surface area contributed by atoms with Crippen molar-refractivity contribution in [2.24, 2.45) is 0 Å². The van der Waals surface area contributed by atoms with Gasteiger partial charge in [-0.3, -0.25) is 15.3 Å². The summed E-state index contributed by atoms with van der Waals surface area (Å²) in [5.41, 5.74) is 0.940. The number of hydrogen-bond acceptors (Lipinski definition) is 5. The largest absolute Gasteiger partial charge is 0.314 e. The van der Waals surface area contributed by atoms with Gasteiger partial charge in [-0.15, -0.1) is 10.2 Å². The first-order valence-corrected chi connectivity index (χ1v) is 6.69. The average molecular weight is 258 g/mol. The third kappa shape index (κ3) is 2.35. The van der Waals surface area contributed by atoms with Crippen molar-refractivity contribution in [3.63, 3.8) is 0 Å². The topological polar surface area (TPSA) is 68.5 Å². The smallest absolute Gasteiger partial charge is 0.149 e. The first kappa shape index (κ1) is 12.2. The number of aromatic nitrogens is 5. The summed E-state index contributed by atoms with van der Waals surface area (Å²) in [5.74, 6) is 2.12. The Morgan fingerprint density at radius 3 is 2.89 bits per heavy atom. The van der Waals surface area contributed by atoms with Gasteiger partial charge in [0.2, 0.25) is 0 Å². The third-order valence-electron chi connectivity index (χ3n) is 3.55. The van der Waals surface area contributed by atoms with E-state index >= 15 is 0 Å². The van der Waals surface area contributed by atoms with Crippen molar-refractivity contribution in [1.82, 2.24) is 30.0 Å². The predicted octanol–water partition coefficient (Wildman–Crippen LogP) is 1.43. The molecule has 19 heavy (non-hydrogen) atoms. The summed E-state index contributed by atoms with van der Waals surface area (Å²) >= 11 is 0. The van der Waals surface area contributed by atoms with E-state index in [-0.39, 0.29) is 12.1 Å². The number of aryl methyl sites for hydroxylation is 1. The summed E-state index contributed by atoms with van der Waals surface area (Å²) in [6.45, 7) is 5.23. The normalized spacial score (nSPS) is 17.2. The maximum Gasteiger partial charge on any atom is 0.149 e. The van der Waals surface area contributed by atoms with Crippen LogP contribution in [0.2, 0.25) is 0 Å². The Labute approximate surface area is 112 Å². The van der Waals surface area contributed by atoms with Crippen LogP contribution in [0, 0.1) is 0 Å². The molecule has 0 spiro atoms. The van der Waals surface area contributed by atoms with Crippen LogP contribution in [0.3, 0.4) is 0 Å². The minimum Gasteiger partial charge on any atom is -0.314 e. The first-order valence-electron chi connectivity index (χ1n) is 6.69. The first-order chi connectivity index (χ1) is 9.25. The highest BCUT2D eigenvalue weighted by atomic mass is 15.3. The molecule has 1 N–H and O–H groups in total. The van der Waals surface area contributed by atoms with Crippen LogP contribution >= 0.6 is 0 Å². The molecule has 1 aliphatic rings. The summed E-state index contributed by atoms with van der Waals surface area (Å²) in [4.78, 5) is 8.42. The number of nitrogens with zero attached hydrogens (tertiary/aromatic N) is 5. The van der Waals surface area contributed by atoms with Gasteiger partial charge in [0.1, 0.15) is 11.6 Å². The minimum atomic E-state index is 0.137. The molecule has 0 fully saturated rings. The quantitative estimate of drug-likeness (QED) is 0.898. The van der Waals surface area contributed by atoms with Gasteiger partial charge >= 0.3 is 0 Å². The molecule has 2 unspecified atom stereocenters. The molecule has 0 aliphatic carbocycles. The molecule has 0 amide bonds. The highest BCUT2D eigenvalue weighted by molar-refractivity contribution is 5.07. The van der Waals surface area contributed by atoms with Crippen molar-refractivity contribution in [3.05, 3.63) is 35.9 Å². The molecule has 0 aromatic carbocycles. The number of fused-ring (bicyclic) bond motifs is 1. The second kappa shape index (κ2) is 5.05. The Morgan fingerprint density at radius 1 is 1.21 bits per heavy atom. The molecule has 3 heterocycles. The lowest BCUT2D eigenvalue weighted by molar-refractivity contribution is 0.452. The lowest BCUT2D eigenvalue weighted by Gasteiger charge is -2.19. The number of nitrogens with one attached hydrogen (secondary N) is 1. The van der Waals surface area contributed by atoms with E-state index < -0.39 is 0 Å². The van der Waals surface area contributed by atoms with Gasteiger partial charge in [0.05, 0.1) is 11.7 Å². The third-order valence-corrected chi connectivity index (χ3v) is 3.55. The summed E-state index contributed by atoms with van der Waals surface area (Å²) < 4.78 is 2.22. The maximum absolute atomic E-state index is 4.32. The molecule has 0 saturated heterocycles. The molecule has 0 radical (unpaired) electrons. The number of rotatable bonds is 4. The SMILES string of the molecule is CC(NC(C)c1nnc2n1CCC2)c1cnccn1. The van der Waals surface area contributed by atoms with Crippen molar-refractivity contribution in [2.75, 3.05) is 0 Å². The van der Waals surface area contributed by atoms with E-state index in [1.165, 1.54) is 6.42 Å². The zero-order valence-electron chi connectivity index (χ0n) is 11.2. The Bertz CT molecular complexity index is 550. The fraction of sp³-hybridized carbons (Fsp3) is 0.538. The monoisotopic (exact) mass is 258 g/mol. The van der Waals surface area contributed by atoms with Gasteiger partial charge in [0.15, 0.2) is 0 Å². The summed E-state index contributed by atoms with van der Waals surface area (Å²) in [5, 5.41) is 12.0. The van der Waals surface area contributed by atoms with Gasteiger partial charge in [-0.25, -0.2) is 0 Å². The Balaban J connectivity index is 1.73. The molecule has 1 aliphatic heterocycles. The predicted molar refractivity (Wildman–Crippen MR) is 70.3 cm³/mol. The second-order valence-electron chi connectivity index (χ2n) is 4.97. The molecule has 0 saturated carbocycles. The summed E-state index contributed by atoms with van der Waals surface area (Å²) in [7, 11) is 0. The fourth-order valence-corrected chi connectivity index (χ4v) is 2.56. The van der Waals surface area contributed by atoms with E-state index in [1.54, 1.807) is 18.6 Å². The zero-order valence-corrected chi connectivity index (χ0v) is 11.2. The molecule has 6 heteroatoms. The highest BCUT2D eigenvalue weighted by Crippen LogP contribution is 2.21. The van der Waals surface area contributed by atoms with E-state index in [4.69, 9.17) is 0 Å². The second-order valence-corrected chi connectivity index (χ2v) is 4.97. The van der Waals surface area contributed by atoms with Gasteiger partial charge in [0, 0.05) is 37.6 Å². The highest BCUT2D eigenvalue weighted by Gasteiger charge is 2.22. The van der Waals surface area contributed by atoms with Crippen LogP contribution in [0.25, 0.3) is 0 Å². The molecule has 3 rings (SSSR count). The van der Waals surface area contributed by atoms with Crippen LogP contribution < -0.4 is 5.32 Å². The van der Waals surface area contributed by atoms with Crippen LogP contribution in [0.15, 0.2) is 18.6 Å². The number of hydrogen-bond donors (Lipinski definition) is 1. The van der Waals surface area contributed by atoms with Crippen molar-refractivity contribution < 1.29 is 0 Å². The lowest BCUT2D eigenvalue weighted by Crippen LogP contribution is -2.25. The van der Waals surface area contributed by atoms with Gasteiger partial charge < -0.3 is 4.57 Å². The summed E-state index contributed by atoms with van der Waals surface area (Å²) in [6, 6.07) is 0.286. The van der Waals surface area contributed by atoms with Crippen LogP contribution in [-0.2, 0) is 13.0 Å². The molecule has 2 aromatic rings. The Morgan fingerprint density at radius 2 is 2.11 bits per heavy atom. The molecular formula is C13H18N6. The van der Waals surface area contributed by atoms with Crippen LogP contribution in [0.5, 0.6) is 0 Å². The van der Waals surface area contributed by atoms with Crippen LogP contribution in [0.4, 0.5) is 0 Å². The van der Waals surface area contributed by atoms with Crippen molar-refractivity contribution >= 4 is 0 Å². The van der Waals surface area contributed by atoms with Crippen molar-refractivity contribution in [3.8, 4) is 0 Å². The molecule has 100 valence electrons.